The number of aliphatic carboxylic acids is 1. The summed E-state index contributed by atoms with van der Waals surface area (Å²) in [6.45, 7) is 3.67. The lowest BCUT2D eigenvalue weighted by atomic mass is 9.90. The van der Waals surface area contributed by atoms with Crippen molar-refractivity contribution in [2.24, 2.45) is 5.92 Å². The van der Waals surface area contributed by atoms with Gasteiger partial charge in [0.05, 0.1) is 5.92 Å². The Bertz CT molecular complexity index is 822. The quantitative estimate of drug-likeness (QED) is 0.847. The molecule has 0 saturated carbocycles. The molecule has 0 radical (unpaired) electrons. The third-order valence-corrected chi connectivity index (χ3v) is 5.93. The first-order valence-corrected chi connectivity index (χ1v) is 9.74. The number of carboxylic acids is 1. The van der Waals surface area contributed by atoms with Gasteiger partial charge in [-0.1, -0.05) is 30.3 Å². The van der Waals surface area contributed by atoms with Crippen molar-refractivity contribution in [1.82, 2.24) is 4.90 Å². The van der Waals surface area contributed by atoms with Crippen LogP contribution in [-0.2, 0) is 11.3 Å². The Morgan fingerprint density at radius 1 is 1.00 bits per heavy atom. The van der Waals surface area contributed by atoms with E-state index in [1.807, 2.05) is 0 Å². The van der Waals surface area contributed by atoms with Crippen LogP contribution in [-0.4, -0.2) is 42.2 Å². The van der Waals surface area contributed by atoms with Gasteiger partial charge in [0.1, 0.15) is 17.3 Å². The summed E-state index contributed by atoms with van der Waals surface area (Å²) in [5.41, 5.74) is 2.45. The van der Waals surface area contributed by atoms with Crippen LogP contribution in [0.5, 0.6) is 0 Å². The molecule has 2 fully saturated rings. The number of rotatable bonds is 5. The summed E-state index contributed by atoms with van der Waals surface area (Å²) in [6.07, 6.45) is 1.41. The van der Waals surface area contributed by atoms with E-state index in [-0.39, 0.29) is 17.5 Å². The highest BCUT2D eigenvalue weighted by atomic mass is 19.1. The Balaban J connectivity index is 1.31. The minimum absolute atomic E-state index is 0.0696. The van der Waals surface area contributed by atoms with Gasteiger partial charge >= 0.3 is 5.97 Å². The molecule has 0 spiro atoms. The number of hydrogen-bond donors (Lipinski definition) is 1. The maximum atomic E-state index is 13.9. The summed E-state index contributed by atoms with van der Waals surface area (Å²) in [7, 11) is 0. The van der Waals surface area contributed by atoms with Gasteiger partial charge < -0.3 is 10.0 Å². The van der Waals surface area contributed by atoms with Crippen LogP contribution in [0.4, 0.5) is 14.5 Å². The number of carboxylic acid groups (broad SMARTS) is 1. The second-order valence-corrected chi connectivity index (χ2v) is 7.80. The lowest BCUT2D eigenvalue weighted by Crippen LogP contribution is -2.46. The van der Waals surface area contributed by atoms with Crippen molar-refractivity contribution in [1.29, 1.82) is 0 Å². The number of hydrogen-bond acceptors (Lipinski definition) is 3. The zero-order chi connectivity index (χ0) is 19.7. The SMILES string of the molecule is O=C(O)C1CCN(Cc2ccc(C3CN(c4c(F)cccc4F)C3)cc2)CC1. The number of likely N-dealkylation sites (tertiary alicyclic amines) is 1. The van der Waals surface area contributed by atoms with Gasteiger partial charge in [-0.2, -0.15) is 0 Å². The topological polar surface area (TPSA) is 43.8 Å². The van der Waals surface area contributed by atoms with Crippen LogP contribution in [0.2, 0.25) is 0 Å². The molecule has 6 heteroatoms. The van der Waals surface area contributed by atoms with Crippen molar-refractivity contribution in [2.45, 2.75) is 25.3 Å². The fraction of sp³-hybridized carbons (Fsp3) is 0.409. The van der Waals surface area contributed by atoms with Crippen LogP contribution in [0, 0.1) is 17.6 Å². The first-order chi connectivity index (χ1) is 13.5. The van der Waals surface area contributed by atoms with Crippen molar-refractivity contribution in [3.05, 3.63) is 65.2 Å². The summed E-state index contributed by atoms with van der Waals surface area (Å²) < 4.78 is 27.8. The number of nitrogens with zero attached hydrogens (tertiary/aromatic N) is 2. The fourth-order valence-electron chi connectivity index (χ4n) is 4.15. The summed E-state index contributed by atoms with van der Waals surface area (Å²) in [5.74, 6) is -1.64. The molecule has 0 atom stereocenters. The van der Waals surface area contributed by atoms with Gasteiger partial charge in [0.15, 0.2) is 0 Å². The number of para-hydroxylation sites is 1. The maximum absolute atomic E-state index is 13.9. The zero-order valence-electron chi connectivity index (χ0n) is 15.7. The van der Waals surface area contributed by atoms with E-state index in [9.17, 15) is 13.6 Å². The van der Waals surface area contributed by atoms with Crippen LogP contribution in [0.25, 0.3) is 0 Å². The lowest BCUT2D eigenvalue weighted by Gasteiger charge is -2.41. The second-order valence-electron chi connectivity index (χ2n) is 7.80. The van der Waals surface area contributed by atoms with Crippen molar-refractivity contribution in [3.8, 4) is 0 Å². The van der Waals surface area contributed by atoms with E-state index in [0.717, 1.165) is 19.6 Å². The third kappa shape index (κ3) is 3.87. The first kappa shape index (κ1) is 18.9. The highest BCUT2D eigenvalue weighted by molar-refractivity contribution is 5.70. The lowest BCUT2D eigenvalue weighted by molar-refractivity contribution is -0.143. The van der Waals surface area contributed by atoms with E-state index in [1.165, 1.54) is 29.3 Å². The molecule has 2 aromatic carbocycles. The molecule has 2 aliphatic rings. The van der Waals surface area contributed by atoms with Gasteiger partial charge in [-0.25, -0.2) is 8.78 Å². The van der Waals surface area contributed by atoms with Crippen LogP contribution < -0.4 is 4.90 Å². The van der Waals surface area contributed by atoms with Gasteiger partial charge in [0.2, 0.25) is 0 Å². The Morgan fingerprint density at radius 2 is 1.61 bits per heavy atom. The molecular formula is C22H24F2N2O2. The van der Waals surface area contributed by atoms with E-state index in [2.05, 4.69) is 29.2 Å². The smallest absolute Gasteiger partial charge is 0.306 e. The summed E-state index contributed by atoms with van der Waals surface area (Å²) in [6, 6.07) is 12.4. The highest BCUT2D eigenvalue weighted by Gasteiger charge is 2.31. The largest absolute Gasteiger partial charge is 0.481 e. The van der Waals surface area contributed by atoms with Gasteiger partial charge in [0.25, 0.3) is 0 Å². The Morgan fingerprint density at radius 3 is 2.18 bits per heavy atom. The van der Waals surface area contributed by atoms with Crippen LogP contribution in [0.15, 0.2) is 42.5 Å². The van der Waals surface area contributed by atoms with Crippen molar-refractivity contribution < 1.29 is 18.7 Å². The summed E-state index contributed by atoms with van der Waals surface area (Å²) in [5, 5.41) is 9.08. The van der Waals surface area contributed by atoms with Crippen LogP contribution >= 0.6 is 0 Å². The zero-order valence-corrected chi connectivity index (χ0v) is 15.7. The highest BCUT2D eigenvalue weighted by Crippen LogP contribution is 2.34. The standard InChI is InChI=1S/C22H24F2N2O2/c23-19-2-1-3-20(24)21(19)26-13-18(14-26)16-6-4-15(5-7-16)12-25-10-8-17(9-11-25)22(27)28/h1-7,17-18H,8-14H2,(H,27,28). The third-order valence-electron chi connectivity index (χ3n) is 5.93. The molecule has 0 bridgehead atoms. The second kappa shape index (κ2) is 7.87. The Kier molecular flexibility index (Phi) is 5.31. The number of halogens is 2. The van der Waals surface area contributed by atoms with Crippen LogP contribution in [0.3, 0.4) is 0 Å². The molecule has 2 aliphatic heterocycles. The monoisotopic (exact) mass is 386 g/mol. The molecule has 148 valence electrons. The van der Waals surface area contributed by atoms with E-state index in [4.69, 9.17) is 5.11 Å². The Hall–Kier alpha value is -2.47. The molecule has 28 heavy (non-hydrogen) atoms. The predicted molar refractivity (Wildman–Crippen MR) is 103 cm³/mol. The van der Waals surface area contributed by atoms with Gasteiger partial charge in [-0.15, -0.1) is 0 Å². The summed E-state index contributed by atoms with van der Waals surface area (Å²) in [4.78, 5) is 15.1. The van der Waals surface area contributed by atoms with E-state index in [1.54, 1.807) is 4.90 Å². The van der Waals surface area contributed by atoms with E-state index < -0.39 is 17.6 Å². The minimum atomic E-state index is -0.686. The van der Waals surface area contributed by atoms with Crippen molar-refractivity contribution in [3.63, 3.8) is 0 Å². The first-order valence-electron chi connectivity index (χ1n) is 9.74. The molecule has 4 nitrogen and oxygen atoms in total. The molecule has 0 aliphatic carbocycles. The van der Waals surface area contributed by atoms with Gasteiger partial charge in [-0.3, -0.25) is 9.69 Å². The Labute approximate surface area is 163 Å². The molecule has 1 N–H and O–H groups in total. The normalized spacial score (nSPS) is 18.9. The minimum Gasteiger partial charge on any atom is -0.481 e. The molecule has 0 unspecified atom stereocenters. The maximum Gasteiger partial charge on any atom is 0.306 e. The fourth-order valence-corrected chi connectivity index (χ4v) is 4.15. The van der Waals surface area contributed by atoms with Crippen molar-refractivity contribution in [2.75, 3.05) is 31.1 Å². The summed E-state index contributed by atoms with van der Waals surface area (Å²) >= 11 is 0. The number of benzene rings is 2. The molecule has 2 heterocycles. The van der Waals surface area contributed by atoms with E-state index in [0.29, 0.717) is 25.9 Å². The van der Waals surface area contributed by atoms with Gasteiger partial charge in [-0.05, 0) is 49.2 Å². The average molecular weight is 386 g/mol. The van der Waals surface area contributed by atoms with Crippen molar-refractivity contribution >= 4 is 11.7 Å². The van der Waals surface area contributed by atoms with Gasteiger partial charge in [0, 0.05) is 25.6 Å². The average Bonchev–Trinajstić information content (AvgIpc) is 2.64. The molecule has 2 aromatic rings. The molecule has 2 saturated heterocycles. The van der Waals surface area contributed by atoms with E-state index >= 15 is 0 Å². The van der Waals surface area contributed by atoms with Crippen LogP contribution in [0.1, 0.15) is 29.9 Å². The molecule has 0 aromatic heterocycles. The number of piperidine rings is 1. The number of anilines is 1. The number of carbonyl (C=O) groups is 1. The molecule has 4 rings (SSSR count). The molecule has 0 amide bonds. The molecular weight excluding hydrogens is 362 g/mol. The predicted octanol–water partition coefficient (Wildman–Crippen LogP) is 3.87.